The average Bonchev–Trinajstić information content (AvgIpc) is 2.94. The Hall–Kier alpha value is -0.260. The maximum absolute atomic E-state index is 2.50. The highest BCUT2D eigenvalue weighted by atomic mass is 14.3. The molecule has 0 heterocycles. The van der Waals surface area contributed by atoms with Gasteiger partial charge in [-0.2, -0.15) is 0 Å². The van der Waals surface area contributed by atoms with Gasteiger partial charge in [0.1, 0.15) is 0 Å². The van der Waals surface area contributed by atoms with Crippen molar-refractivity contribution < 1.29 is 0 Å². The summed E-state index contributed by atoms with van der Waals surface area (Å²) in [4.78, 5) is 0. The molecule has 0 aromatic carbocycles. The van der Waals surface area contributed by atoms with E-state index in [-0.39, 0.29) is 0 Å². The molecule has 0 atom stereocenters. The van der Waals surface area contributed by atoms with Gasteiger partial charge in [0.05, 0.1) is 0 Å². The van der Waals surface area contributed by atoms with Crippen LogP contribution in [0.2, 0.25) is 0 Å². The molecule has 0 radical (unpaired) electrons. The van der Waals surface area contributed by atoms with Crippen LogP contribution in [0.3, 0.4) is 0 Å². The summed E-state index contributed by atoms with van der Waals surface area (Å²) in [5.74, 6) is 0. The number of hydrogen-bond donors (Lipinski definition) is 0. The molecule has 0 nitrogen and oxygen atoms in total. The van der Waals surface area contributed by atoms with E-state index in [2.05, 4.69) is 26.0 Å². The Labute approximate surface area is 114 Å². The summed E-state index contributed by atoms with van der Waals surface area (Å²) in [6, 6.07) is 0. The molecule has 2 aliphatic rings. The molecule has 2 saturated carbocycles. The fraction of sp³-hybridized carbons (Fsp3) is 0.889. The van der Waals surface area contributed by atoms with Crippen LogP contribution in [0.1, 0.15) is 90.9 Å². The number of unbranched alkanes of at least 4 members (excludes halogenated alkanes) is 1. The van der Waals surface area contributed by atoms with Gasteiger partial charge in [0.15, 0.2) is 0 Å². The summed E-state index contributed by atoms with van der Waals surface area (Å²) in [6.45, 7) is 4.98. The lowest BCUT2D eigenvalue weighted by Gasteiger charge is -2.23. The second-order valence-corrected chi connectivity index (χ2v) is 7.60. The lowest BCUT2D eigenvalue weighted by Crippen LogP contribution is -2.10. The van der Waals surface area contributed by atoms with Crippen LogP contribution in [-0.4, -0.2) is 0 Å². The van der Waals surface area contributed by atoms with Crippen molar-refractivity contribution in [3.05, 3.63) is 12.2 Å². The number of allylic oxidation sites excluding steroid dienone is 2. The third kappa shape index (κ3) is 4.14. The molecular formula is C18H32. The van der Waals surface area contributed by atoms with Gasteiger partial charge in [0, 0.05) is 0 Å². The summed E-state index contributed by atoms with van der Waals surface area (Å²) in [5, 5.41) is 0. The van der Waals surface area contributed by atoms with Crippen molar-refractivity contribution in [2.45, 2.75) is 90.9 Å². The third-order valence-corrected chi connectivity index (χ3v) is 5.55. The summed E-state index contributed by atoms with van der Waals surface area (Å²) < 4.78 is 0. The quantitative estimate of drug-likeness (QED) is 0.384. The number of hydrogen-bond acceptors (Lipinski definition) is 0. The van der Waals surface area contributed by atoms with Crippen LogP contribution in [0.25, 0.3) is 0 Å². The van der Waals surface area contributed by atoms with E-state index in [0.29, 0.717) is 10.8 Å². The largest absolute Gasteiger partial charge is 0.0885 e. The zero-order chi connectivity index (χ0) is 12.9. The van der Waals surface area contributed by atoms with Crippen LogP contribution < -0.4 is 0 Å². The topological polar surface area (TPSA) is 0 Å². The molecule has 0 heteroatoms. The molecule has 0 aromatic rings. The maximum Gasteiger partial charge on any atom is -0.0291 e. The predicted molar refractivity (Wildman–Crippen MR) is 80.8 cm³/mol. The van der Waals surface area contributed by atoms with Gasteiger partial charge in [0.2, 0.25) is 0 Å². The first-order chi connectivity index (χ1) is 8.62. The molecule has 0 unspecified atom stereocenters. The first kappa shape index (κ1) is 14.2. The van der Waals surface area contributed by atoms with E-state index in [1.807, 2.05) is 0 Å². The molecule has 0 saturated heterocycles. The molecule has 2 rings (SSSR count). The summed E-state index contributed by atoms with van der Waals surface area (Å²) in [6.07, 6.45) is 22.2. The summed E-state index contributed by atoms with van der Waals surface area (Å²) >= 11 is 0. The molecule has 104 valence electrons. The highest BCUT2D eigenvalue weighted by Gasteiger charge is 2.28. The lowest BCUT2D eigenvalue weighted by atomic mass is 9.83. The molecule has 0 amide bonds. The standard InChI is InChI=1S/C18H32/c1-17(13-7-8-14-17)11-5-3-4-6-12-18(2)15-9-10-16-18/h3,5H,4,6-16H2,1-2H3/b5-3-. The van der Waals surface area contributed by atoms with E-state index in [1.165, 1.54) is 77.0 Å². The average molecular weight is 248 g/mol. The Balaban J connectivity index is 1.57. The van der Waals surface area contributed by atoms with Crippen molar-refractivity contribution in [2.24, 2.45) is 10.8 Å². The van der Waals surface area contributed by atoms with Crippen molar-refractivity contribution in [2.75, 3.05) is 0 Å². The van der Waals surface area contributed by atoms with E-state index in [0.717, 1.165) is 0 Å². The monoisotopic (exact) mass is 248 g/mol. The Kier molecular flexibility index (Phi) is 4.92. The molecule has 2 aliphatic carbocycles. The molecule has 0 aliphatic heterocycles. The van der Waals surface area contributed by atoms with Crippen molar-refractivity contribution in [1.82, 2.24) is 0 Å². The minimum Gasteiger partial charge on any atom is -0.0885 e. The van der Waals surface area contributed by atoms with Crippen LogP contribution >= 0.6 is 0 Å². The van der Waals surface area contributed by atoms with Crippen molar-refractivity contribution in [1.29, 1.82) is 0 Å². The Bertz CT molecular complexity index is 262. The lowest BCUT2D eigenvalue weighted by molar-refractivity contribution is 0.300. The first-order valence-corrected chi connectivity index (χ1v) is 8.27. The van der Waals surface area contributed by atoms with Gasteiger partial charge in [0.25, 0.3) is 0 Å². The van der Waals surface area contributed by atoms with Crippen molar-refractivity contribution >= 4 is 0 Å². The van der Waals surface area contributed by atoms with Crippen LogP contribution in [-0.2, 0) is 0 Å². The van der Waals surface area contributed by atoms with Gasteiger partial charge in [-0.05, 0) is 62.2 Å². The fourth-order valence-corrected chi connectivity index (χ4v) is 4.04. The van der Waals surface area contributed by atoms with Gasteiger partial charge < -0.3 is 0 Å². The first-order valence-electron chi connectivity index (χ1n) is 8.27. The molecular weight excluding hydrogens is 216 g/mol. The SMILES string of the molecule is CC1(C/C=C\CCCC2(C)CCCC2)CCCC1. The Morgan fingerprint density at radius 1 is 0.778 bits per heavy atom. The predicted octanol–water partition coefficient (Wildman–Crippen LogP) is 6.26. The zero-order valence-corrected chi connectivity index (χ0v) is 12.6. The molecule has 0 aromatic heterocycles. The zero-order valence-electron chi connectivity index (χ0n) is 12.6. The second kappa shape index (κ2) is 6.26. The van der Waals surface area contributed by atoms with Gasteiger partial charge in [-0.1, -0.05) is 51.7 Å². The van der Waals surface area contributed by atoms with E-state index >= 15 is 0 Å². The van der Waals surface area contributed by atoms with Crippen LogP contribution in [0, 0.1) is 10.8 Å². The normalized spacial score (nSPS) is 26.1. The highest BCUT2D eigenvalue weighted by Crippen LogP contribution is 2.42. The van der Waals surface area contributed by atoms with E-state index in [4.69, 9.17) is 0 Å². The maximum atomic E-state index is 2.50. The number of rotatable bonds is 6. The third-order valence-electron chi connectivity index (χ3n) is 5.55. The van der Waals surface area contributed by atoms with Crippen molar-refractivity contribution in [3.8, 4) is 0 Å². The second-order valence-electron chi connectivity index (χ2n) is 7.60. The minimum absolute atomic E-state index is 0.647. The minimum atomic E-state index is 0.647. The smallest absolute Gasteiger partial charge is 0.0291 e. The van der Waals surface area contributed by atoms with E-state index < -0.39 is 0 Å². The van der Waals surface area contributed by atoms with Gasteiger partial charge in [-0.15, -0.1) is 0 Å². The van der Waals surface area contributed by atoms with Crippen molar-refractivity contribution in [3.63, 3.8) is 0 Å². The molecule has 2 fully saturated rings. The van der Waals surface area contributed by atoms with Gasteiger partial charge in [-0.3, -0.25) is 0 Å². The molecule has 0 bridgehead atoms. The fourth-order valence-electron chi connectivity index (χ4n) is 4.04. The Morgan fingerprint density at radius 2 is 1.33 bits per heavy atom. The van der Waals surface area contributed by atoms with Crippen LogP contribution in [0.15, 0.2) is 12.2 Å². The van der Waals surface area contributed by atoms with Gasteiger partial charge >= 0.3 is 0 Å². The summed E-state index contributed by atoms with van der Waals surface area (Å²) in [7, 11) is 0. The van der Waals surface area contributed by atoms with Crippen LogP contribution in [0.4, 0.5) is 0 Å². The highest BCUT2D eigenvalue weighted by molar-refractivity contribution is 4.92. The van der Waals surface area contributed by atoms with Crippen LogP contribution in [0.5, 0.6) is 0 Å². The molecule has 0 N–H and O–H groups in total. The molecule has 0 spiro atoms. The Morgan fingerprint density at radius 3 is 1.94 bits per heavy atom. The summed E-state index contributed by atoms with van der Waals surface area (Å²) in [5.41, 5.74) is 1.35. The molecule has 18 heavy (non-hydrogen) atoms. The van der Waals surface area contributed by atoms with Gasteiger partial charge in [-0.25, -0.2) is 0 Å². The van der Waals surface area contributed by atoms with E-state index in [9.17, 15) is 0 Å². The van der Waals surface area contributed by atoms with E-state index in [1.54, 1.807) is 0 Å².